The first-order chi connectivity index (χ1) is 5.79. The van der Waals surface area contributed by atoms with E-state index in [-0.39, 0.29) is 5.82 Å². The van der Waals surface area contributed by atoms with Gasteiger partial charge in [-0.15, -0.1) is 0 Å². The van der Waals surface area contributed by atoms with Crippen LogP contribution in [0.4, 0.5) is 4.39 Å². The molecule has 64 valence electrons. The summed E-state index contributed by atoms with van der Waals surface area (Å²) in [6, 6.07) is 5.45. The van der Waals surface area contributed by atoms with Crippen LogP contribution in [0.2, 0.25) is 0 Å². The molecule has 0 nitrogen and oxygen atoms in total. The van der Waals surface area contributed by atoms with E-state index in [9.17, 15) is 4.39 Å². The maximum absolute atomic E-state index is 13.0. The predicted octanol–water partition coefficient (Wildman–Crippen LogP) is 3.27. The molecular weight excluding hydrogens is 151 g/mol. The van der Waals surface area contributed by atoms with E-state index >= 15 is 0 Å². The summed E-state index contributed by atoms with van der Waals surface area (Å²) in [4.78, 5) is 0. The van der Waals surface area contributed by atoms with Gasteiger partial charge in [-0.2, -0.15) is 0 Å². The number of benzene rings is 1. The highest BCUT2D eigenvalue weighted by Crippen LogP contribution is 2.40. The molecule has 1 aromatic carbocycles. The van der Waals surface area contributed by atoms with Gasteiger partial charge in [0.1, 0.15) is 5.82 Å². The Hall–Kier alpha value is -0.850. The average molecular weight is 164 g/mol. The standard InChI is InChI=1S/C11H13F/c1-2-8-5-10(9-3-4-9)7-11(12)6-8/h5-7,9H,2-4H2,1H3. The Bertz CT molecular complexity index is 287. The van der Waals surface area contributed by atoms with Crippen LogP contribution >= 0.6 is 0 Å². The summed E-state index contributed by atoms with van der Waals surface area (Å²) >= 11 is 0. The zero-order valence-electron chi connectivity index (χ0n) is 7.31. The highest BCUT2D eigenvalue weighted by Gasteiger charge is 2.23. The molecule has 1 fully saturated rings. The van der Waals surface area contributed by atoms with Crippen LogP contribution in [0.1, 0.15) is 36.8 Å². The van der Waals surface area contributed by atoms with E-state index in [0.29, 0.717) is 5.92 Å². The van der Waals surface area contributed by atoms with Crippen LogP contribution in [0, 0.1) is 5.82 Å². The highest BCUT2D eigenvalue weighted by molar-refractivity contribution is 5.29. The molecule has 0 spiro atoms. The second kappa shape index (κ2) is 2.89. The van der Waals surface area contributed by atoms with Crippen molar-refractivity contribution in [3.8, 4) is 0 Å². The molecule has 0 bridgehead atoms. The quantitative estimate of drug-likeness (QED) is 0.629. The molecule has 0 amide bonds. The zero-order chi connectivity index (χ0) is 8.55. The van der Waals surface area contributed by atoms with Gasteiger partial charge in [-0.1, -0.05) is 13.0 Å². The topological polar surface area (TPSA) is 0 Å². The molecule has 1 saturated carbocycles. The lowest BCUT2D eigenvalue weighted by Gasteiger charge is -2.02. The summed E-state index contributed by atoms with van der Waals surface area (Å²) in [6.07, 6.45) is 3.41. The number of rotatable bonds is 2. The van der Waals surface area contributed by atoms with Crippen molar-refractivity contribution in [2.75, 3.05) is 0 Å². The fourth-order valence-electron chi connectivity index (χ4n) is 1.53. The van der Waals surface area contributed by atoms with Gasteiger partial charge in [-0.25, -0.2) is 4.39 Å². The van der Waals surface area contributed by atoms with Crippen LogP contribution < -0.4 is 0 Å². The lowest BCUT2D eigenvalue weighted by Crippen LogP contribution is -1.87. The molecular formula is C11H13F. The van der Waals surface area contributed by atoms with E-state index in [4.69, 9.17) is 0 Å². The van der Waals surface area contributed by atoms with Crippen molar-refractivity contribution in [1.82, 2.24) is 0 Å². The molecule has 0 radical (unpaired) electrons. The van der Waals surface area contributed by atoms with Crippen LogP contribution in [-0.4, -0.2) is 0 Å². The maximum Gasteiger partial charge on any atom is 0.123 e. The van der Waals surface area contributed by atoms with Crippen molar-refractivity contribution >= 4 is 0 Å². The van der Waals surface area contributed by atoms with Gasteiger partial charge in [0.15, 0.2) is 0 Å². The predicted molar refractivity (Wildman–Crippen MR) is 47.8 cm³/mol. The maximum atomic E-state index is 13.0. The van der Waals surface area contributed by atoms with Crippen LogP contribution in [0.3, 0.4) is 0 Å². The molecule has 1 heteroatoms. The van der Waals surface area contributed by atoms with Gasteiger partial charge >= 0.3 is 0 Å². The first-order valence-electron chi connectivity index (χ1n) is 4.59. The van der Waals surface area contributed by atoms with Gasteiger partial charge in [-0.05, 0) is 48.4 Å². The zero-order valence-corrected chi connectivity index (χ0v) is 7.31. The van der Waals surface area contributed by atoms with Gasteiger partial charge in [0, 0.05) is 0 Å². The van der Waals surface area contributed by atoms with E-state index in [1.165, 1.54) is 18.4 Å². The molecule has 0 heterocycles. The Morgan fingerprint density at radius 1 is 1.33 bits per heavy atom. The molecule has 12 heavy (non-hydrogen) atoms. The normalized spacial score (nSPS) is 16.5. The Morgan fingerprint density at radius 2 is 2.08 bits per heavy atom. The lowest BCUT2D eigenvalue weighted by atomic mass is 10.1. The minimum Gasteiger partial charge on any atom is -0.207 e. The number of hydrogen-bond donors (Lipinski definition) is 0. The Kier molecular flexibility index (Phi) is 1.87. The van der Waals surface area contributed by atoms with Crippen LogP contribution in [0.25, 0.3) is 0 Å². The molecule has 0 saturated heterocycles. The number of halogens is 1. The third kappa shape index (κ3) is 1.50. The van der Waals surface area contributed by atoms with Gasteiger partial charge in [-0.3, -0.25) is 0 Å². The first-order valence-corrected chi connectivity index (χ1v) is 4.59. The summed E-state index contributed by atoms with van der Waals surface area (Å²) in [6.45, 7) is 2.06. The van der Waals surface area contributed by atoms with Crippen LogP contribution in [0.5, 0.6) is 0 Å². The molecule has 1 aliphatic carbocycles. The van der Waals surface area contributed by atoms with E-state index in [1.54, 1.807) is 12.1 Å². The minimum atomic E-state index is -0.0729. The van der Waals surface area contributed by atoms with E-state index in [2.05, 4.69) is 13.0 Å². The summed E-state index contributed by atoms with van der Waals surface area (Å²) in [5.74, 6) is 0.585. The summed E-state index contributed by atoms with van der Waals surface area (Å²) in [5.41, 5.74) is 2.32. The second-order valence-corrected chi connectivity index (χ2v) is 3.52. The van der Waals surface area contributed by atoms with Crippen molar-refractivity contribution in [3.05, 3.63) is 35.1 Å². The third-order valence-corrected chi connectivity index (χ3v) is 2.44. The van der Waals surface area contributed by atoms with E-state index in [1.807, 2.05) is 0 Å². The van der Waals surface area contributed by atoms with Gasteiger partial charge < -0.3 is 0 Å². The Labute approximate surface area is 72.4 Å². The van der Waals surface area contributed by atoms with Crippen molar-refractivity contribution in [1.29, 1.82) is 0 Å². The molecule has 0 atom stereocenters. The molecule has 0 N–H and O–H groups in total. The Morgan fingerprint density at radius 3 is 2.67 bits per heavy atom. The molecule has 1 aliphatic rings. The second-order valence-electron chi connectivity index (χ2n) is 3.52. The van der Waals surface area contributed by atoms with Crippen LogP contribution in [0.15, 0.2) is 18.2 Å². The lowest BCUT2D eigenvalue weighted by molar-refractivity contribution is 0.623. The monoisotopic (exact) mass is 164 g/mol. The van der Waals surface area contributed by atoms with Gasteiger partial charge in [0.05, 0.1) is 0 Å². The molecule has 0 unspecified atom stereocenters. The fraction of sp³-hybridized carbons (Fsp3) is 0.455. The minimum absolute atomic E-state index is 0.0729. The van der Waals surface area contributed by atoms with Crippen molar-refractivity contribution in [3.63, 3.8) is 0 Å². The molecule has 0 aromatic heterocycles. The van der Waals surface area contributed by atoms with Gasteiger partial charge in [0.2, 0.25) is 0 Å². The number of hydrogen-bond acceptors (Lipinski definition) is 0. The van der Waals surface area contributed by atoms with Crippen molar-refractivity contribution < 1.29 is 4.39 Å². The first kappa shape index (κ1) is 7.78. The van der Waals surface area contributed by atoms with E-state index in [0.717, 1.165) is 12.0 Å². The SMILES string of the molecule is CCc1cc(F)cc(C2CC2)c1. The summed E-state index contributed by atoms with van der Waals surface area (Å²) in [7, 11) is 0. The van der Waals surface area contributed by atoms with Gasteiger partial charge in [0.25, 0.3) is 0 Å². The smallest absolute Gasteiger partial charge is 0.123 e. The van der Waals surface area contributed by atoms with Crippen molar-refractivity contribution in [2.45, 2.75) is 32.1 Å². The largest absolute Gasteiger partial charge is 0.207 e. The third-order valence-electron chi connectivity index (χ3n) is 2.44. The summed E-state index contributed by atoms with van der Waals surface area (Å²) in [5, 5.41) is 0. The molecule has 2 rings (SSSR count). The fourth-order valence-corrected chi connectivity index (χ4v) is 1.53. The number of aryl methyl sites for hydroxylation is 1. The highest BCUT2D eigenvalue weighted by atomic mass is 19.1. The summed E-state index contributed by atoms with van der Waals surface area (Å²) < 4.78 is 13.0. The Balaban J connectivity index is 2.34. The molecule has 1 aromatic rings. The average Bonchev–Trinajstić information content (AvgIpc) is 2.85. The molecule has 0 aliphatic heterocycles. The van der Waals surface area contributed by atoms with E-state index < -0.39 is 0 Å². The van der Waals surface area contributed by atoms with Crippen LogP contribution in [-0.2, 0) is 6.42 Å². The van der Waals surface area contributed by atoms with Crippen molar-refractivity contribution in [2.24, 2.45) is 0 Å².